The van der Waals surface area contributed by atoms with Gasteiger partial charge >= 0.3 is 12.6 Å². The quantitative estimate of drug-likeness (QED) is 0.588. The zero-order valence-corrected chi connectivity index (χ0v) is 12.3. The molecule has 0 aliphatic rings. The molecule has 106 valence electrons. The number of halogens is 3. The third-order valence-electron chi connectivity index (χ3n) is 2.52. The van der Waals surface area contributed by atoms with Crippen LogP contribution in [0.25, 0.3) is 0 Å². The van der Waals surface area contributed by atoms with Gasteiger partial charge in [-0.3, -0.25) is 4.79 Å². The molecule has 0 heterocycles. The highest BCUT2D eigenvalue weighted by Crippen LogP contribution is 2.27. The predicted octanol–water partition coefficient (Wildman–Crippen LogP) is 3.60. The molecular formula is C13H15BrF2O3. The van der Waals surface area contributed by atoms with Crippen LogP contribution in [-0.4, -0.2) is 19.2 Å². The largest absolute Gasteiger partial charge is 0.466 e. The van der Waals surface area contributed by atoms with E-state index in [0.29, 0.717) is 23.1 Å². The van der Waals surface area contributed by atoms with Gasteiger partial charge in [-0.05, 0) is 31.0 Å². The molecule has 6 heteroatoms. The van der Waals surface area contributed by atoms with Gasteiger partial charge in [0, 0.05) is 10.9 Å². The minimum absolute atomic E-state index is 0.120. The lowest BCUT2D eigenvalue weighted by Crippen LogP contribution is -2.10. The van der Waals surface area contributed by atoms with Crippen molar-refractivity contribution in [2.75, 3.05) is 6.61 Å². The van der Waals surface area contributed by atoms with Crippen molar-refractivity contribution in [1.29, 1.82) is 0 Å². The van der Waals surface area contributed by atoms with Crippen molar-refractivity contribution in [2.45, 2.75) is 32.2 Å². The Bertz CT molecular complexity index is 450. The molecule has 0 fully saturated rings. The van der Waals surface area contributed by atoms with E-state index in [-0.39, 0.29) is 18.1 Å². The average Bonchev–Trinajstić information content (AvgIpc) is 2.32. The van der Waals surface area contributed by atoms with Gasteiger partial charge in [-0.15, -0.1) is 0 Å². The molecule has 0 spiro atoms. The fourth-order valence-electron chi connectivity index (χ4n) is 1.65. The van der Waals surface area contributed by atoms with E-state index in [1.807, 2.05) is 0 Å². The summed E-state index contributed by atoms with van der Waals surface area (Å²) in [4.78, 5) is 11.4. The molecule has 0 saturated heterocycles. The first-order chi connectivity index (χ1) is 8.97. The van der Waals surface area contributed by atoms with Crippen molar-refractivity contribution in [3.63, 3.8) is 0 Å². The molecule has 1 aromatic carbocycles. The summed E-state index contributed by atoms with van der Waals surface area (Å²) in [6.45, 7) is 0.919. The number of ether oxygens (including phenoxy) is 2. The number of hydrogen-bond acceptors (Lipinski definition) is 3. The number of alkyl halides is 3. The summed E-state index contributed by atoms with van der Waals surface area (Å²) in [7, 11) is 0. The zero-order valence-electron chi connectivity index (χ0n) is 10.7. The van der Waals surface area contributed by atoms with Crippen molar-refractivity contribution >= 4 is 21.9 Å². The van der Waals surface area contributed by atoms with Gasteiger partial charge in [0.2, 0.25) is 0 Å². The molecule has 0 atom stereocenters. The Hall–Kier alpha value is -1.17. The van der Waals surface area contributed by atoms with Gasteiger partial charge in [0.05, 0.1) is 13.0 Å². The molecular weight excluding hydrogens is 322 g/mol. The number of aryl methyl sites for hydroxylation is 1. The normalized spacial score (nSPS) is 10.6. The van der Waals surface area contributed by atoms with E-state index < -0.39 is 6.61 Å². The summed E-state index contributed by atoms with van der Waals surface area (Å²) in [6.07, 6.45) is 0.120. The number of benzene rings is 1. The molecule has 19 heavy (non-hydrogen) atoms. The molecule has 3 nitrogen and oxygen atoms in total. The van der Waals surface area contributed by atoms with E-state index in [2.05, 4.69) is 20.7 Å². The highest BCUT2D eigenvalue weighted by molar-refractivity contribution is 9.08. The molecule has 0 aliphatic heterocycles. The van der Waals surface area contributed by atoms with Crippen LogP contribution in [0.1, 0.15) is 23.6 Å². The van der Waals surface area contributed by atoms with Crippen molar-refractivity contribution in [3.05, 3.63) is 28.8 Å². The number of hydrogen-bond donors (Lipinski definition) is 0. The lowest BCUT2D eigenvalue weighted by atomic mass is 10.0. The third-order valence-corrected chi connectivity index (χ3v) is 3.12. The molecule has 0 saturated carbocycles. The minimum atomic E-state index is -2.87. The third kappa shape index (κ3) is 4.78. The van der Waals surface area contributed by atoms with E-state index in [0.717, 1.165) is 5.56 Å². The van der Waals surface area contributed by atoms with Gasteiger partial charge in [-0.2, -0.15) is 8.78 Å². The number of carbonyl (C=O) groups excluding carboxylic acids is 1. The second-order valence-corrected chi connectivity index (χ2v) is 4.44. The molecule has 0 radical (unpaired) electrons. The summed E-state index contributed by atoms with van der Waals surface area (Å²) in [6, 6.07) is 3.19. The summed E-state index contributed by atoms with van der Waals surface area (Å²) in [5.41, 5.74) is 2.04. The Balaban J connectivity index is 2.98. The summed E-state index contributed by atoms with van der Waals surface area (Å²) < 4.78 is 33.8. The smallest absolute Gasteiger partial charge is 0.387 e. The second kappa shape index (κ2) is 7.43. The summed E-state index contributed by atoms with van der Waals surface area (Å²) >= 11 is 3.21. The van der Waals surface area contributed by atoms with Crippen LogP contribution in [0.4, 0.5) is 8.78 Å². The van der Waals surface area contributed by atoms with Crippen molar-refractivity contribution in [1.82, 2.24) is 0 Å². The molecule has 0 bridgehead atoms. The maximum absolute atomic E-state index is 12.3. The highest BCUT2D eigenvalue weighted by Gasteiger charge is 2.14. The van der Waals surface area contributed by atoms with Gasteiger partial charge in [0.15, 0.2) is 0 Å². The lowest BCUT2D eigenvalue weighted by molar-refractivity contribution is -0.142. The molecule has 1 rings (SSSR count). The SMILES string of the molecule is CCOC(=O)Cc1cc(CBr)c(OC(F)F)cc1C. The van der Waals surface area contributed by atoms with Gasteiger partial charge < -0.3 is 9.47 Å². The van der Waals surface area contributed by atoms with E-state index in [1.165, 1.54) is 6.07 Å². The molecule has 0 aliphatic carbocycles. The van der Waals surface area contributed by atoms with Crippen LogP contribution in [0.3, 0.4) is 0 Å². The van der Waals surface area contributed by atoms with Crippen LogP contribution < -0.4 is 4.74 Å². The Morgan fingerprint density at radius 2 is 2.05 bits per heavy atom. The van der Waals surface area contributed by atoms with Crippen LogP contribution in [0.15, 0.2) is 12.1 Å². The Labute approximate surface area is 119 Å². The maximum Gasteiger partial charge on any atom is 0.387 e. The fourth-order valence-corrected chi connectivity index (χ4v) is 2.08. The Morgan fingerprint density at radius 1 is 1.37 bits per heavy atom. The van der Waals surface area contributed by atoms with E-state index >= 15 is 0 Å². The minimum Gasteiger partial charge on any atom is -0.466 e. The summed E-state index contributed by atoms with van der Waals surface area (Å²) in [5.74, 6) is -0.217. The zero-order chi connectivity index (χ0) is 14.4. The first-order valence-electron chi connectivity index (χ1n) is 5.76. The fraction of sp³-hybridized carbons (Fsp3) is 0.462. The van der Waals surface area contributed by atoms with Crippen molar-refractivity contribution in [3.8, 4) is 5.75 Å². The van der Waals surface area contributed by atoms with Crippen LogP contribution in [-0.2, 0) is 21.3 Å². The topological polar surface area (TPSA) is 35.5 Å². The second-order valence-electron chi connectivity index (χ2n) is 3.88. The first-order valence-corrected chi connectivity index (χ1v) is 6.88. The monoisotopic (exact) mass is 336 g/mol. The van der Waals surface area contributed by atoms with Gasteiger partial charge in [0.25, 0.3) is 0 Å². The highest BCUT2D eigenvalue weighted by atomic mass is 79.9. The van der Waals surface area contributed by atoms with Crippen LogP contribution in [0, 0.1) is 6.92 Å². The number of rotatable bonds is 6. The van der Waals surface area contributed by atoms with E-state index in [1.54, 1.807) is 19.9 Å². The van der Waals surface area contributed by atoms with Gasteiger partial charge in [-0.1, -0.05) is 22.0 Å². The van der Waals surface area contributed by atoms with Crippen LogP contribution in [0.5, 0.6) is 5.75 Å². The van der Waals surface area contributed by atoms with Gasteiger partial charge in [0.1, 0.15) is 5.75 Å². The summed E-state index contributed by atoms with van der Waals surface area (Å²) in [5, 5.41) is 0.366. The lowest BCUT2D eigenvalue weighted by Gasteiger charge is -2.13. The van der Waals surface area contributed by atoms with Crippen LogP contribution >= 0.6 is 15.9 Å². The average molecular weight is 337 g/mol. The molecule has 1 aromatic rings. The van der Waals surface area contributed by atoms with Crippen LogP contribution in [0.2, 0.25) is 0 Å². The Kier molecular flexibility index (Phi) is 6.21. The standard InChI is InChI=1S/C13H15BrF2O3/c1-3-18-12(17)6-9-5-10(7-14)11(4-8(9)2)19-13(15)16/h4-5,13H,3,6-7H2,1-2H3. The van der Waals surface area contributed by atoms with E-state index in [9.17, 15) is 13.6 Å². The molecule has 0 aromatic heterocycles. The molecule has 0 amide bonds. The predicted molar refractivity (Wildman–Crippen MR) is 70.8 cm³/mol. The Morgan fingerprint density at radius 3 is 2.58 bits per heavy atom. The van der Waals surface area contributed by atoms with Crippen molar-refractivity contribution in [2.24, 2.45) is 0 Å². The van der Waals surface area contributed by atoms with Gasteiger partial charge in [-0.25, -0.2) is 0 Å². The van der Waals surface area contributed by atoms with Crippen molar-refractivity contribution < 1.29 is 23.0 Å². The number of esters is 1. The number of carbonyl (C=O) groups is 1. The molecule has 0 N–H and O–H groups in total. The molecule has 0 unspecified atom stereocenters. The first kappa shape index (κ1) is 15.9. The maximum atomic E-state index is 12.3. The van der Waals surface area contributed by atoms with E-state index in [4.69, 9.17) is 4.74 Å².